The van der Waals surface area contributed by atoms with Crippen molar-refractivity contribution in [3.63, 3.8) is 0 Å². The van der Waals surface area contributed by atoms with E-state index in [2.05, 4.69) is 26.1 Å². The topological polar surface area (TPSA) is 114 Å². The van der Waals surface area contributed by atoms with Gasteiger partial charge in [-0.3, -0.25) is 4.79 Å². The van der Waals surface area contributed by atoms with Crippen molar-refractivity contribution in [1.29, 1.82) is 0 Å². The summed E-state index contributed by atoms with van der Waals surface area (Å²) in [6, 6.07) is 3.02. The number of benzene rings is 1. The fourth-order valence-corrected chi connectivity index (χ4v) is 8.64. The third kappa shape index (κ3) is 4.50. The molecule has 8 nitrogen and oxygen atoms in total. The average Bonchev–Trinajstić information content (AvgIpc) is 3.48. The van der Waals surface area contributed by atoms with Crippen molar-refractivity contribution >= 4 is 24.3 Å². The van der Waals surface area contributed by atoms with Gasteiger partial charge in [0.1, 0.15) is 11.9 Å². The molecule has 8 unspecified atom stereocenters. The number of ether oxygens (including phenoxy) is 2. The molecular weight excluding hydrogens is 516 g/mol. The van der Waals surface area contributed by atoms with Crippen molar-refractivity contribution in [3.8, 4) is 5.75 Å². The second-order valence-corrected chi connectivity index (χ2v) is 13.2. The van der Waals surface area contributed by atoms with E-state index in [1.807, 2.05) is 13.8 Å². The standard InChI is InChI=1S/C30H43BFNO7/c1-6-33-16-28(4)13-22(40-23(35)15-38-21-8-7-19-14-39-31(37)24(19)25(21)32)29(5)17(2)9-11-30(18(3)27(28)36)12-10-20(34)26(29)30/h7-8,17-18,22,26-27,33,36-37H,6,9-16H2,1-5H3. The minimum atomic E-state index is -1.37. The van der Waals surface area contributed by atoms with Crippen molar-refractivity contribution < 1.29 is 38.2 Å². The van der Waals surface area contributed by atoms with Gasteiger partial charge in [-0.2, -0.15) is 0 Å². The molecule has 40 heavy (non-hydrogen) atoms. The molecule has 1 aromatic carbocycles. The Labute approximate surface area is 236 Å². The van der Waals surface area contributed by atoms with Gasteiger partial charge in [0.05, 0.1) is 12.7 Å². The van der Waals surface area contributed by atoms with E-state index in [9.17, 15) is 19.7 Å². The summed E-state index contributed by atoms with van der Waals surface area (Å²) in [6.07, 6.45) is 2.02. The van der Waals surface area contributed by atoms with Crippen LogP contribution in [0.25, 0.3) is 0 Å². The molecule has 0 aromatic heterocycles. The monoisotopic (exact) mass is 559 g/mol. The zero-order valence-electron chi connectivity index (χ0n) is 24.3. The lowest BCUT2D eigenvalue weighted by Gasteiger charge is -2.62. The number of fused-ring (bicyclic) bond motifs is 1. The van der Waals surface area contributed by atoms with E-state index in [1.54, 1.807) is 6.07 Å². The maximum atomic E-state index is 15.0. The number of hydrogen-bond donors (Lipinski definition) is 3. The predicted octanol–water partition coefficient (Wildman–Crippen LogP) is 2.75. The summed E-state index contributed by atoms with van der Waals surface area (Å²) in [5.74, 6) is -1.67. The van der Waals surface area contributed by atoms with Crippen LogP contribution in [0.15, 0.2) is 12.1 Å². The van der Waals surface area contributed by atoms with Crippen LogP contribution in [0.3, 0.4) is 0 Å². The van der Waals surface area contributed by atoms with Gasteiger partial charge in [-0.15, -0.1) is 0 Å². The van der Waals surface area contributed by atoms with Crippen LogP contribution in [0.1, 0.15) is 72.3 Å². The minimum Gasteiger partial charge on any atom is -0.479 e. The fraction of sp³-hybridized carbons (Fsp3) is 0.733. The molecule has 1 aliphatic heterocycles. The third-order valence-electron chi connectivity index (χ3n) is 11.2. The van der Waals surface area contributed by atoms with E-state index in [0.717, 1.165) is 25.8 Å². The summed E-state index contributed by atoms with van der Waals surface area (Å²) in [6.45, 7) is 11.3. The van der Waals surface area contributed by atoms with Gasteiger partial charge < -0.3 is 29.6 Å². The molecule has 5 rings (SSSR count). The fourth-order valence-electron chi connectivity index (χ4n) is 8.64. The number of esters is 1. The molecule has 3 fully saturated rings. The largest absolute Gasteiger partial charge is 0.494 e. The number of rotatable bonds is 7. The third-order valence-corrected chi connectivity index (χ3v) is 11.2. The van der Waals surface area contributed by atoms with Crippen molar-refractivity contribution in [1.82, 2.24) is 5.32 Å². The molecule has 0 amide bonds. The maximum absolute atomic E-state index is 15.0. The summed E-state index contributed by atoms with van der Waals surface area (Å²) in [5, 5.41) is 25.2. The molecule has 3 N–H and O–H groups in total. The molecule has 4 aliphatic rings. The maximum Gasteiger partial charge on any atom is 0.494 e. The van der Waals surface area contributed by atoms with Gasteiger partial charge in [0, 0.05) is 35.2 Å². The Morgan fingerprint density at radius 2 is 2.02 bits per heavy atom. The zero-order chi connectivity index (χ0) is 29.0. The highest BCUT2D eigenvalue weighted by Gasteiger charge is 2.68. The number of nitrogens with one attached hydrogen (secondary N) is 1. The number of ketones is 1. The Balaban J connectivity index is 1.45. The van der Waals surface area contributed by atoms with E-state index < -0.39 is 48.5 Å². The normalized spacial score (nSPS) is 38.9. The molecule has 1 aromatic rings. The van der Waals surface area contributed by atoms with Crippen molar-refractivity contribution in [2.75, 3.05) is 19.7 Å². The first kappa shape index (κ1) is 29.5. The summed E-state index contributed by atoms with van der Waals surface area (Å²) in [4.78, 5) is 26.9. The van der Waals surface area contributed by atoms with Crippen LogP contribution >= 0.6 is 0 Å². The first-order valence-electron chi connectivity index (χ1n) is 14.7. The van der Waals surface area contributed by atoms with Gasteiger partial charge in [-0.05, 0) is 61.1 Å². The number of halogens is 1. The molecular formula is C30H43BFNO7. The smallest absolute Gasteiger partial charge is 0.479 e. The number of carbonyl (C=O) groups is 2. The Bertz CT molecular complexity index is 1170. The van der Waals surface area contributed by atoms with Crippen molar-refractivity contribution in [2.45, 2.75) is 85.5 Å². The summed E-state index contributed by atoms with van der Waals surface area (Å²) in [7, 11) is -1.37. The molecule has 8 atom stereocenters. The highest BCUT2D eigenvalue weighted by molar-refractivity contribution is 6.61. The minimum absolute atomic E-state index is 0.0211. The quantitative estimate of drug-likeness (QED) is 0.345. The highest BCUT2D eigenvalue weighted by Crippen LogP contribution is 2.67. The lowest BCUT2D eigenvalue weighted by atomic mass is 9.44. The van der Waals surface area contributed by atoms with E-state index in [-0.39, 0.29) is 46.8 Å². The van der Waals surface area contributed by atoms with Gasteiger partial charge in [-0.1, -0.05) is 40.7 Å². The van der Waals surface area contributed by atoms with Gasteiger partial charge in [0.25, 0.3) is 0 Å². The number of carbonyl (C=O) groups excluding carboxylic acids is 2. The van der Waals surface area contributed by atoms with Gasteiger partial charge in [-0.25, -0.2) is 9.18 Å². The Morgan fingerprint density at radius 3 is 2.75 bits per heavy atom. The molecule has 0 radical (unpaired) electrons. The van der Waals surface area contributed by atoms with Crippen LogP contribution in [-0.4, -0.2) is 60.9 Å². The number of hydrogen-bond acceptors (Lipinski definition) is 8. The highest BCUT2D eigenvalue weighted by atomic mass is 19.1. The SMILES string of the molecule is CCNCC1(C)CC(OC(=O)COc2ccc3c(c2F)B(O)OC3)C2(C)C(C)CCC3(CCC(=O)C32)C(C)C1O. The van der Waals surface area contributed by atoms with E-state index in [0.29, 0.717) is 24.9 Å². The molecule has 3 aliphatic carbocycles. The number of aliphatic hydroxyl groups excluding tert-OH is 1. The zero-order valence-corrected chi connectivity index (χ0v) is 24.3. The van der Waals surface area contributed by atoms with Crippen molar-refractivity contribution in [2.24, 2.45) is 34.0 Å². The lowest BCUT2D eigenvalue weighted by Crippen LogP contribution is -2.64. The van der Waals surface area contributed by atoms with Crippen LogP contribution in [0.4, 0.5) is 4.39 Å². The molecule has 3 saturated carbocycles. The Morgan fingerprint density at radius 1 is 1.27 bits per heavy atom. The second kappa shape index (κ2) is 10.7. The number of aliphatic hydroxyl groups is 1. The van der Waals surface area contributed by atoms with Crippen LogP contribution in [0.2, 0.25) is 0 Å². The predicted molar refractivity (Wildman–Crippen MR) is 147 cm³/mol. The lowest BCUT2D eigenvalue weighted by molar-refractivity contribution is -0.212. The van der Waals surface area contributed by atoms with Crippen molar-refractivity contribution in [3.05, 3.63) is 23.5 Å². The Kier molecular flexibility index (Phi) is 7.87. The Hall–Kier alpha value is -2.01. The van der Waals surface area contributed by atoms with Gasteiger partial charge in [0.2, 0.25) is 0 Å². The van der Waals surface area contributed by atoms with E-state index in [1.165, 1.54) is 6.07 Å². The summed E-state index contributed by atoms with van der Waals surface area (Å²) < 4.78 is 31.9. The van der Waals surface area contributed by atoms with Gasteiger partial charge in [0.15, 0.2) is 18.2 Å². The molecule has 1 heterocycles. The van der Waals surface area contributed by atoms with Crippen LogP contribution < -0.4 is 15.5 Å². The van der Waals surface area contributed by atoms with Crippen LogP contribution in [0.5, 0.6) is 5.75 Å². The average molecular weight is 559 g/mol. The first-order chi connectivity index (χ1) is 18.9. The second-order valence-electron chi connectivity index (χ2n) is 13.2. The van der Waals surface area contributed by atoms with Crippen LogP contribution in [-0.2, 0) is 25.6 Å². The molecule has 0 spiro atoms. The summed E-state index contributed by atoms with van der Waals surface area (Å²) >= 11 is 0. The first-order valence-corrected chi connectivity index (χ1v) is 14.7. The summed E-state index contributed by atoms with van der Waals surface area (Å²) in [5.41, 5.74) is -1.02. The number of Topliss-reactive ketones (excluding diaryl/α,β-unsaturated/α-hetero) is 1. The van der Waals surface area contributed by atoms with E-state index >= 15 is 4.39 Å². The molecule has 2 bridgehead atoms. The van der Waals surface area contributed by atoms with Gasteiger partial charge >= 0.3 is 13.1 Å². The molecule has 220 valence electrons. The van der Waals surface area contributed by atoms with E-state index in [4.69, 9.17) is 14.1 Å². The molecule has 10 heteroatoms. The molecule has 0 saturated heterocycles. The van der Waals surface area contributed by atoms with Crippen LogP contribution in [0, 0.1) is 39.8 Å².